The number of aliphatic hydroxyl groups excluding tert-OH is 1. The van der Waals surface area contributed by atoms with E-state index in [4.69, 9.17) is 0 Å². The largest absolute Gasteiger partial charge is 0.395 e. The Morgan fingerprint density at radius 2 is 2.42 bits per heavy atom. The molecule has 1 fully saturated rings. The Bertz CT molecular complexity index is 419. The molecule has 1 aliphatic heterocycles. The lowest BCUT2D eigenvalue weighted by atomic mass is 10.0. The van der Waals surface area contributed by atoms with Gasteiger partial charge in [-0.25, -0.2) is 4.98 Å². The Morgan fingerprint density at radius 1 is 1.58 bits per heavy atom. The van der Waals surface area contributed by atoms with Gasteiger partial charge in [-0.15, -0.1) is 0 Å². The van der Waals surface area contributed by atoms with E-state index in [2.05, 4.69) is 15.2 Å². The van der Waals surface area contributed by atoms with Gasteiger partial charge in [-0.1, -0.05) is 6.42 Å². The van der Waals surface area contributed by atoms with E-state index in [0.717, 1.165) is 19.5 Å². The molecule has 0 unspecified atom stereocenters. The molecule has 1 atom stereocenters. The van der Waals surface area contributed by atoms with Gasteiger partial charge in [0.1, 0.15) is 5.69 Å². The second-order valence-electron chi connectivity index (χ2n) is 5.01. The fourth-order valence-corrected chi connectivity index (χ4v) is 2.54. The molecule has 1 aromatic heterocycles. The summed E-state index contributed by atoms with van der Waals surface area (Å²) in [6.07, 6.45) is 6.58. The molecule has 1 amide bonds. The van der Waals surface area contributed by atoms with Crippen LogP contribution in [-0.4, -0.2) is 57.7 Å². The standard InChI is InChI=1S/C13H22N4O2/c1-16-10-14-8-12(16)13(19)15-5-7-17-6-3-2-4-11(17)9-18/h8,10-11,18H,2-7,9H2,1H3,(H,15,19)/t11-/m0/s1. The van der Waals surface area contributed by atoms with Crippen LogP contribution in [0.25, 0.3) is 0 Å². The van der Waals surface area contributed by atoms with E-state index >= 15 is 0 Å². The van der Waals surface area contributed by atoms with Crippen molar-refractivity contribution < 1.29 is 9.90 Å². The average Bonchev–Trinajstić information content (AvgIpc) is 2.85. The van der Waals surface area contributed by atoms with Gasteiger partial charge in [0.2, 0.25) is 0 Å². The molecule has 0 radical (unpaired) electrons. The van der Waals surface area contributed by atoms with E-state index in [-0.39, 0.29) is 18.6 Å². The molecule has 6 heteroatoms. The summed E-state index contributed by atoms with van der Waals surface area (Å²) in [4.78, 5) is 18.1. The molecule has 0 saturated carbocycles. The van der Waals surface area contributed by atoms with Gasteiger partial charge in [-0.2, -0.15) is 0 Å². The third kappa shape index (κ3) is 3.54. The Kier molecular flexibility index (Phi) is 4.93. The third-order valence-electron chi connectivity index (χ3n) is 3.69. The van der Waals surface area contributed by atoms with Gasteiger partial charge >= 0.3 is 0 Å². The maximum atomic E-state index is 11.9. The molecule has 0 bridgehead atoms. The second kappa shape index (κ2) is 6.68. The maximum absolute atomic E-state index is 11.9. The van der Waals surface area contributed by atoms with E-state index in [0.29, 0.717) is 12.2 Å². The van der Waals surface area contributed by atoms with Crippen LogP contribution < -0.4 is 5.32 Å². The monoisotopic (exact) mass is 266 g/mol. The lowest BCUT2D eigenvalue weighted by Crippen LogP contribution is -2.45. The predicted octanol–water partition coefficient (Wildman–Crippen LogP) is -0.00330. The lowest BCUT2D eigenvalue weighted by molar-refractivity contribution is 0.0845. The molecule has 2 rings (SSSR count). The number of nitrogens with one attached hydrogen (secondary N) is 1. The number of aryl methyl sites for hydroxylation is 1. The first-order valence-electron chi connectivity index (χ1n) is 6.82. The van der Waals surface area contributed by atoms with Crippen LogP contribution in [0.5, 0.6) is 0 Å². The number of nitrogens with zero attached hydrogens (tertiary/aromatic N) is 3. The van der Waals surface area contributed by atoms with Crippen LogP contribution >= 0.6 is 0 Å². The van der Waals surface area contributed by atoms with Crippen molar-refractivity contribution in [2.24, 2.45) is 7.05 Å². The van der Waals surface area contributed by atoms with Crippen LogP contribution in [0.15, 0.2) is 12.5 Å². The first-order valence-corrected chi connectivity index (χ1v) is 6.82. The molecular formula is C13H22N4O2. The summed E-state index contributed by atoms with van der Waals surface area (Å²) in [5.41, 5.74) is 0.567. The van der Waals surface area contributed by atoms with Crippen molar-refractivity contribution in [3.8, 4) is 0 Å². The number of aliphatic hydroxyl groups is 1. The van der Waals surface area contributed by atoms with Crippen molar-refractivity contribution in [3.63, 3.8) is 0 Å². The summed E-state index contributed by atoms with van der Waals surface area (Å²) in [7, 11) is 1.80. The van der Waals surface area contributed by atoms with E-state index in [9.17, 15) is 9.90 Å². The van der Waals surface area contributed by atoms with Crippen molar-refractivity contribution in [2.45, 2.75) is 25.3 Å². The summed E-state index contributed by atoms with van der Waals surface area (Å²) in [5.74, 6) is -0.0995. The number of rotatable bonds is 5. The molecule has 19 heavy (non-hydrogen) atoms. The fourth-order valence-electron chi connectivity index (χ4n) is 2.54. The minimum atomic E-state index is -0.0995. The lowest BCUT2D eigenvalue weighted by Gasteiger charge is -2.34. The third-order valence-corrected chi connectivity index (χ3v) is 3.69. The molecule has 1 aromatic rings. The van der Waals surface area contributed by atoms with E-state index in [1.807, 2.05) is 0 Å². The number of imidazole rings is 1. The summed E-state index contributed by atoms with van der Waals surface area (Å²) in [5, 5.41) is 12.2. The van der Waals surface area contributed by atoms with Gasteiger partial charge in [0.05, 0.1) is 19.1 Å². The topological polar surface area (TPSA) is 70.4 Å². The molecule has 6 nitrogen and oxygen atoms in total. The van der Waals surface area contributed by atoms with Crippen LogP contribution in [0.1, 0.15) is 29.8 Å². The summed E-state index contributed by atoms with van der Waals surface area (Å²) in [6.45, 7) is 2.60. The number of likely N-dealkylation sites (tertiary alicyclic amines) is 1. The van der Waals surface area contributed by atoms with Crippen molar-refractivity contribution in [2.75, 3.05) is 26.2 Å². The highest BCUT2D eigenvalue weighted by Gasteiger charge is 2.21. The highest BCUT2D eigenvalue weighted by Crippen LogP contribution is 2.15. The van der Waals surface area contributed by atoms with Gasteiger partial charge in [0, 0.05) is 26.2 Å². The van der Waals surface area contributed by atoms with E-state index in [1.165, 1.54) is 12.8 Å². The molecule has 2 N–H and O–H groups in total. The van der Waals surface area contributed by atoms with Gasteiger partial charge in [-0.05, 0) is 19.4 Å². The first-order chi connectivity index (χ1) is 9.22. The normalized spacial score (nSPS) is 20.4. The van der Waals surface area contributed by atoms with E-state index < -0.39 is 0 Å². The van der Waals surface area contributed by atoms with Gasteiger partial charge in [-0.3, -0.25) is 9.69 Å². The fraction of sp³-hybridized carbons (Fsp3) is 0.692. The van der Waals surface area contributed by atoms with Gasteiger partial charge < -0.3 is 15.0 Å². The van der Waals surface area contributed by atoms with Crippen LogP contribution in [0.2, 0.25) is 0 Å². The molecule has 0 aromatic carbocycles. The zero-order chi connectivity index (χ0) is 13.7. The summed E-state index contributed by atoms with van der Waals surface area (Å²) in [6, 6.07) is 0.252. The molecule has 1 saturated heterocycles. The van der Waals surface area contributed by atoms with Crippen LogP contribution in [0, 0.1) is 0 Å². The number of amides is 1. The quantitative estimate of drug-likeness (QED) is 0.787. The molecule has 2 heterocycles. The molecule has 1 aliphatic rings. The van der Waals surface area contributed by atoms with Crippen molar-refractivity contribution in [1.82, 2.24) is 19.8 Å². The smallest absolute Gasteiger partial charge is 0.269 e. The number of hydrogen-bond donors (Lipinski definition) is 2. The Hall–Kier alpha value is -1.40. The van der Waals surface area contributed by atoms with Gasteiger partial charge in [0.15, 0.2) is 0 Å². The zero-order valence-corrected chi connectivity index (χ0v) is 11.4. The predicted molar refractivity (Wildman–Crippen MR) is 71.8 cm³/mol. The highest BCUT2D eigenvalue weighted by atomic mass is 16.3. The summed E-state index contributed by atoms with van der Waals surface area (Å²) >= 11 is 0. The molecule has 0 spiro atoms. The van der Waals surface area contributed by atoms with Gasteiger partial charge in [0.25, 0.3) is 5.91 Å². The molecule has 106 valence electrons. The zero-order valence-electron chi connectivity index (χ0n) is 11.4. The van der Waals surface area contributed by atoms with Crippen LogP contribution in [-0.2, 0) is 7.05 Å². The Balaban J connectivity index is 1.77. The van der Waals surface area contributed by atoms with Crippen LogP contribution in [0.4, 0.5) is 0 Å². The molecular weight excluding hydrogens is 244 g/mol. The van der Waals surface area contributed by atoms with Crippen molar-refractivity contribution in [1.29, 1.82) is 0 Å². The van der Waals surface area contributed by atoms with Crippen molar-refractivity contribution in [3.05, 3.63) is 18.2 Å². The maximum Gasteiger partial charge on any atom is 0.269 e. The number of carbonyl (C=O) groups excluding carboxylic acids is 1. The minimum absolute atomic E-state index is 0.0995. The minimum Gasteiger partial charge on any atom is -0.395 e. The number of piperidine rings is 1. The summed E-state index contributed by atoms with van der Waals surface area (Å²) < 4.78 is 1.70. The number of aromatic nitrogens is 2. The Morgan fingerprint density at radius 3 is 3.11 bits per heavy atom. The highest BCUT2D eigenvalue weighted by molar-refractivity contribution is 5.92. The first kappa shape index (κ1) is 14.0. The van der Waals surface area contributed by atoms with E-state index in [1.54, 1.807) is 24.1 Å². The SMILES string of the molecule is Cn1cncc1C(=O)NCCN1CCCC[C@H]1CO. The second-order valence-corrected chi connectivity index (χ2v) is 5.01. The molecule has 0 aliphatic carbocycles. The number of hydrogen-bond acceptors (Lipinski definition) is 4. The average molecular weight is 266 g/mol. The Labute approximate surface area is 113 Å². The van der Waals surface area contributed by atoms with Crippen molar-refractivity contribution >= 4 is 5.91 Å². The van der Waals surface area contributed by atoms with Crippen LogP contribution in [0.3, 0.4) is 0 Å². The number of carbonyl (C=O) groups is 1.